The van der Waals surface area contributed by atoms with Crippen LogP contribution in [0.15, 0.2) is 60.8 Å². The van der Waals surface area contributed by atoms with Gasteiger partial charge in [-0.25, -0.2) is 4.57 Å². The minimum absolute atomic E-state index is 0.0865. The summed E-state index contributed by atoms with van der Waals surface area (Å²) in [5, 5.41) is 0. The highest BCUT2D eigenvalue weighted by atomic mass is 31.2. The first-order valence-electron chi connectivity index (χ1n) is 27.5. The van der Waals surface area contributed by atoms with E-state index in [2.05, 4.69) is 74.6 Å². The van der Waals surface area contributed by atoms with Gasteiger partial charge in [0.05, 0.1) is 34.4 Å². The first-order valence-corrected chi connectivity index (χ1v) is 29.0. The van der Waals surface area contributed by atoms with Gasteiger partial charge in [-0.05, 0) is 77.0 Å². The van der Waals surface area contributed by atoms with Crippen LogP contribution < -0.4 is 0 Å². The standard InChI is InChI=1S/C57H106NO7P/c1-6-8-10-12-14-16-18-20-22-24-26-27-28-29-30-31-32-34-36-38-40-42-44-46-48-50-57(59)65-56(55-64-66(60,61)63-53-51-58(3,4)5)54-62-52-49-47-45-43-41-39-37-35-33-25-23-21-19-17-15-13-11-9-7-2/h8,10,14,16,20,22-23,25-27,56H,6-7,9,11-13,15,17-19,21,24,28-55H2,1-5H3/p+1/b10-8-,16-14-,22-20-,25-23-,27-26-. The van der Waals surface area contributed by atoms with Gasteiger partial charge in [0.25, 0.3) is 0 Å². The molecule has 0 aliphatic heterocycles. The second-order valence-corrected chi connectivity index (χ2v) is 21.0. The van der Waals surface area contributed by atoms with Crippen molar-refractivity contribution < 1.29 is 37.3 Å². The molecular weight excluding hydrogens is 842 g/mol. The van der Waals surface area contributed by atoms with Crippen molar-refractivity contribution in [1.82, 2.24) is 0 Å². The predicted molar refractivity (Wildman–Crippen MR) is 284 cm³/mol. The van der Waals surface area contributed by atoms with Crippen molar-refractivity contribution in [3.8, 4) is 0 Å². The van der Waals surface area contributed by atoms with E-state index in [9.17, 15) is 14.3 Å². The van der Waals surface area contributed by atoms with Crippen molar-refractivity contribution >= 4 is 13.8 Å². The molecule has 0 saturated heterocycles. The molecule has 0 amide bonds. The lowest BCUT2D eigenvalue weighted by Crippen LogP contribution is -2.37. The van der Waals surface area contributed by atoms with Crippen LogP contribution >= 0.6 is 7.82 Å². The monoisotopic (exact) mass is 949 g/mol. The van der Waals surface area contributed by atoms with Gasteiger partial charge in [0.2, 0.25) is 0 Å². The summed E-state index contributed by atoms with van der Waals surface area (Å²) in [5.41, 5.74) is 0. The summed E-state index contributed by atoms with van der Waals surface area (Å²) in [7, 11) is 1.67. The Hall–Kier alpha value is -1.80. The number of esters is 1. The molecule has 0 aliphatic rings. The van der Waals surface area contributed by atoms with Crippen LogP contribution in [0, 0.1) is 0 Å². The minimum atomic E-state index is -4.29. The maximum atomic E-state index is 12.8. The third kappa shape index (κ3) is 53.2. The predicted octanol–water partition coefficient (Wildman–Crippen LogP) is 17.2. The quantitative estimate of drug-likeness (QED) is 0.0213. The normalized spacial score (nSPS) is 14.0. The number of hydrogen-bond donors (Lipinski definition) is 1. The molecule has 0 aromatic carbocycles. The smallest absolute Gasteiger partial charge is 0.457 e. The first kappa shape index (κ1) is 64.2. The van der Waals surface area contributed by atoms with Gasteiger partial charge >= 0.3 is 13.8 Å². The van der Waals surface area contributed by atoms with Crippen molar-refractivity contribution in [2.45, 2.75) is 245 Å². The van der Waals surface area contributed by atoms with Crippen LogP contribution in [-0.4, -0.2) is 75.6 Å². The second-order valence-electron chi connectivity index (χ2n) is 19.6. The molecule has 0 radical (unpaired) electrons. The number of rotatable bonds is 51. The Labute approximate surface area is 409 Å². The molecule has 386 valence electrons. The largest absolute Gasteiger partial charge is 0.472 e. The molecule has 0 aromatic heterocycles. The molecule has 0 aromatic rings. The van der Waals surface area contributed by atoms with E-state index in [1.165, 1.54) is 161 Å². The Kier molecular flexibility index (Phi) is 48.3. The Morgan fingerprint density at radius 3 is 1.33 bits per heavy atom. The third-order valence-electron chi connectivity index (χ3n) is 11.8. The number of quaternary nitrogens is 1. The molecule has 0 aliphatic carbocycles. The summed E-state index contributed by atoms with van der Waals surface area (Å²) >= 11 is 0. The maximum absolute atomic E-state index is 12.8. The Morgan fingerprint density at radius 2 is 0.879 bits per heavy atom. The van der Waals surface area contributed by atoms with Crippen LogP contribution in [0.3, 0.4) is 0 Å². The summed E-state index contributed by atoms with van der Waals surface area (Å²) < 4.78 is 35.2. The SMILES string of the molecule is CC/C=C\C/C=C\C/C=C\C/C=C\CCCCCCCCCCCCCCC(=O)OC(COCCCCCCCCCC/C=C\CCCCCCCCC)COP(=O)(O)OCC[N+](C)(C)C. The fourth-order valence-electron chi connectivity index (χ4n) is 7.60. The van der Waals surface area contributed by atoms with E-state index in [1.54, 1.807) is 0 Å². The molecule has 0 bridgehead atoms. The number of nitrogens with zero attached hydrogens (tertiary/aromatic N) is 1. The van der Waals surface area contributed by atoms with E-state index in [1.807, 2.05) is 21.1 Å². The number of phosphoric ester groups is 1. The lowest BCUT2D eigenvalue weighted by Gasteiger charge is -2.24. The van der Waals surface area contributed by atoms with Crippen molar-refractivity contribution in [1.29, 1.82) is 0 Å². The zero-order chi connectivity index (χ0) is 48.3. The van der Waals surface area contributed by atoms with Crippen LogP contribution in [0.25, 0.3) is 0 Å². The lowest BCUT2D eigenvalue weighted by atomic mass is 10.0. The molecule has 8 nitrogen and oxygen atoms in total. The zero-order valence-corrected chi connectivity index (χ0v) is 44.8. The zero-order valence-electron chi connectivity index (χ0n) is 43.9. The Bertz CT molecular complexity index is 1240. The molecule has 0 fully saturated rings. The van der Waals surface area contributed by atoms with Gasteiger partial charge in [0.15, 0.2) is 0 Å². The summed E-state index contributed by atoms with van der Waals surface area (Å²) in [6.45, 7) is 5.53. The minimum Gasteiger partial charge on any atom is -0.457 e. The molecule has 2 atom stereocenters. The number of carbonyl (C=O) groups is 1. The fraction of sp³-hybridized carbons (Fsp3) is 0.807. The van der Waals surface area contributed by atoms with Crippen LogP contribution in [-0.2, 0) is 27.9 Å². The number of allylic oxidation sites excluding steroid dienone is 10. The molecule has 66 heavy (non-hydrogen) atoms. The number of likely N-dealkylation sites (N-methyl/N-ethyl adjacent to an activating group) is 1. The van der Waals surface area contributed by atoms with Gasteiger partial charge in [-0.1, -0.05) is 216 Å². The molecular formula is C57H107NO7P+. The Balaban J connectivity index is 4.10. The maximum Gasteiger partial charge on any atom is 0.472 e. The van der Waals surface area contributed by atoms with Crippen molar-refractivity contribution in [3.63, 3.8) is 0 Å². The molecule has 1 N–H and O–H groups in total. The van der Waals surface area contributed by atoms with E-state index in [0.717, 1.165) is 57.8 Å². The number of carbonyl (C=O) groups excluding carboxylic acids is 1. The van der Waals surface area contributed by atoms with Gasteiger partial charge < -0.3 is 18.9 Å². The summed E-state index contributed by atoms with van der Waals surface area (Å²) in [6, 6.07) is 0. The van der Waals surface area contributed by atoms with Gasteiger partial charge in [-0.2, -0.15) is 0 Å². The van der Waals surface area contributed by atoms with Gasteiger partial charge in [0.1, 0.15) is 19.3 Å². The molecule has 9 heteroatoms. The average Bonchev–Trinajstić information content (AvgIpc) is 3.28. The lowest BCUT2D eigenvalue weighted by molar-refractivity contribution is -0.870. The van der Waals surface area contributed by atoms with E-state index < -0.39 is 13.9 Å². The molecule has 0 heterocycles. The number of phosphoric acid groups is 1. The van der Waals surface area contributed by atoms with E-state index >= 15 is 0 Å². The highest BCUT2D eigenvalue weighted by molar-refractivity contribution is 7.47. The van der Waals surface area contributed by atoms with Crippen molar-refractivity contribution in [3.05, 3.63) is 60.8 Å². The summed E-state index contributed by atoms with van der Waals surface area (Å²) in [4.78, 5) is 23.1. The molecule has 0 saturated carbocycles. The third-order valence-corrected chi connectivity index (χ3v) is 12.8. The van der Waals surface area contributed by atoms with Gasteiger partial charge in [-0.15, -0.1) is 0 Å². The number of hydrogen-bond acceptors (Lipinski definition) is 6. The van der Waals surface area contributed by atoms with Crippen LogP contribution in [0.1, 0.15) is 239 Å². The first-order chi connectivity index (χ1) is 32.1. The molecule has 0 spiro atoms. The van der Waals surface area contributed by atoms with E-state index in [-0.39, 0.29) is 25.8 Å². The summed E-state index contributed by atoms with van der Waals surface area (Å²) in [5.74, 6) is -0.316. The summed E-state index contributed by atoms with van der Waals surface area (Å²) in [6.07, 6.45) is 64.1. The highest BCUT2D eigenvalue weighted by Crippen LogP contribution is 2.43. The van der Waals surface area contributed by atoms with Crippen LogP contribution in [0.2, 0.25) is 0 Å². The van der Waals surface area contributed by atoms with Crippen LogP contribution in [0.4, 0.5) is 0 Å². The van der Waals surface area contributed by atoms with Gasteiger partial charge in [0, 0.05) is 13.0 Å². The van der Waals surface area contributed by atoms with E-state index in [0.29, 0.717) is 24.1 Å². The van der Waals surface area contributed by atoms with Gasteiger partial charge in [-0.3, -0.25) is 13.8 Å². The number of ether oxygens (including phenoxy) is 2. The van der Waals surface area contributed by atoms with E-state index in [4.69, 9.17) is 18.5 Å². The number of unbranched alkanes of at least 4 members (excludes halogenated alkanes) is 27. The topological polar surface area (TPSA) is 91.3 Å². The highest BCUT2D eigenvalue weighted by Gasteiger charge is 2.26. The van der Waals surface area contributed by atoms with Crippen molar-refractivity contribution in [2.75, 3.05) is 54.1 Å². The Morgan fingerprint density at radius 1 is 0.485 bits per heavy atom. The van der Waals surface area contributed by atoms with Crippen molar-refractivity contribution in [2.24, 2.45) is 0 Å². The molecule has 0 rings (SSSR count). The van der Waals surface area contributed by atoms with Crippen LogP contribution in [0.5, 0.6) is 0 Å². The fourth-order valence-corrected chi connectivity index (χ4v) is 8.34. The molecule has 2 unspecified atom stereocenters. The average molecular weight is 949 g/mol. The second kappa shape index (κ2) is 49.6.